The van der Waals surface area contributed by atoms with Crippen molar-refractivity contribution in [3.8, 4) is 0 Å². The van der Waals surface area contributed by atoms with Crippen LogP contribution in [0.15, 0.2) is 6.33 Å². The van der Waals surface area contributed by atoms with Gasteiger partial charge in [0.05, 0.1) is 17.9 Å². The number of carboxylic acid groups (broad SMARTS) is 1. The summed E-state index contributed by atoms with van der Waals surface area (Å²) in [5.74, 6) is -0.976. The number of hydrogen-bond acceptors (Lipinski definition) is 4. The fourth-order valence-corrected chi connectivity index (χ4v) is 3.76. The molecular formula is C16H26N4O2. The maximum atomic E-state index is 11.6. The molecule has 1 aliphatic carbocycles. The number of carbonyl (C=O) groups is 1. The lowest BCUT2D eigenvalue weighted by Gasteiger charge is -2.28. The Morgan fingerprint density at radius 2 is 2.14 bits per heavy atom. The first-order valence-corrected chi connectivity index (χ1v) is 8.31. The third-order valence-corrected chi connectivity index (χ3v) is 5.13. The van der Waals surface area contributed by atoms with E-state index in [2.05, 4.69) is 19.8 Å². The highest BCUT2D eigenvalue weighted by molar-refractivity contribution is 5.70. The first-order valence-electron chi connectivity index (χ1n) is 8.31. The third kappa shape index (κ3) is 3.50. The van der Waals surface area contributed by atoms with Crippen LogP contribution in [0, 0.1) is 12.8 Å². The summed E-state index contributed by atoms with van der Waals surface area (Å²) < 4.78 is 0. The second-order valence-corrected chi connectivity index (χ2v) is 6.68. The minimum Gasteiger partial charge on any atom is -0.481 e. The van der Waals surface area contributed by atoms with Crippen molar-refractivity contribution in [2.24, 2.45) is 5.92 Å². The normalized spacial score (nSPS) is 25.4. The highest BCUT2D eigenvalue weighted by Gasteiger charge is 2.32. The van der Waals surface area contributed by atoms with Crippen LogP contribution in [-0.2, 0) is 11.3 Å². The molecule has 0 radical (unpaired) electrons. The molecule has 3 rings (SSSR count). The van der Waals surface area contributed by atoms with E-state index in [4.69, 9.17) is 0 Å². The first kappa shape index (κ1) is 15.5. The average Bonchev–Trinajstić information content (AvgIpc) is 3.09. The molecule has 2 fully saturated rings. The fraction of sp³-hybridized carbons (Fsp3) is 0.750. The van der Waals surface area contributed by atoms with Crippen molar-refractivity contribution in [1.29, 1.82) is 0 Å². The molecule has 1 atom stereocenters. The number of aliphatic carboxylic acids is 1. The summed E-state index contributed by atoms with van der Waals surface area (Å²) in [4.78, 5) is 23.7. The number of aryl methyl sites for hydroxylation is 1. The van der Waals surface area contributed by atoms with E-state index >= 15 is 0 Å². The molecule has 6 heteroatoms. The molecule has 1 aliphatic heterocycles. The van der Waals surface area contributed by atoms with Gasteiger partial charge in [0.25, 0.3) is 0 Å². The summed E-state index contributed by atoms with van der Waals surface area (Å²) in [6.45, 7) is 5.95. The summed E-state index contributed by atoms with van der Waals surface area (Å²) in [5.41, 5.74) is 2.10. The molecule has 6 nitrogen and oxygen atoms in total. The molecule has 22 heavy (non-hydrogen) atoms. The Morgan fingerprint density at radius 1 is 1.36 bits per heavy atom. The van der Waals surface area contributed by atoms with E-state index in [1.807, 2.05) is 6.92 Å². The predicted molar refractivity (Wildman–Crippen MR) is 83.6 cm³/mol. The van der Waals surface area contributed by atoms with Crippen molar-refractivity contribution in [1.82, 2.24) is 19.8 Å². The Hall–Kier alpha value is -1.40. The smallest absolute Gasteiger partial charge is 0.309 e. The summed E-state index contributed by atoms with van der Waals surface area (Å²) >= 11 is 0. The minimum absolute atomic E-state index is 0.303. The molecule has 0 bridgehead atoms. The van der Waals surface area contributed by atoms with Gasteiger partial charge in [-0.25, -0.2) is 4.98 Å². The summed E-state index contributed by atoms with van der Waals surface area (Å²) in [5, 5.41) is 9.55. The van der Waals surface area contributed by atoms with Crippen LogP contribution in [0.5, 0.6) is 0 Å². The van der Waals surface area contributed by atoms with Crippen molar-refractivity contribution in [2.45, 2.75) is 45.2 Å². The number of carboxylic acids is 1. The highest BCUT2D eigenvalue weighted by Crippen LogP contribution is 2.26. The summed E-state index contributed by atoms with van der Waals surface area (Å²) in [7, 11) is 0. The molecule has 2 aliphatic rings. The molecule has 1 saturated carbocycles. The second kappa shape index (κ2) is 6.79. The number of imidazole rings is 1. The molecule has 0 aromatic carbocycles. The number of hydrogen-bond donors (Lipinski definition) is 2. The van der Waals surface area contributed by atoms with Gasteiger partial charge >= 0.3 is 5.97 Å². The highest BCUT2D eigenvalue weighted by atomic mass is 16.4. The number of nitrogens with one attached hydrogen (secondary N) is 1. The van der Waals surface area contributed by atoms with Crippen LogP contribution < -0.4 is 0 Å². The van der Waals surface area contributed by atoms with Crippen LogP contribution >= 0.6 is 0 Å². The molecular weight excluding hydrogens is 280 g/mol. The van der Waals surface area contributed by atoms with Gasteiger partial charge in [-0.1, -0.05) is 12.8 Å². The van der Waals surface area contributed by atoms with Crippen molar-refractivity contribution in [2.75, 3.05) is 26.2 Å². The Morgan fingerprint density at radius 3 is 2.77 bits per heavy atom. The zero-order valence-electron chi connectivity index (χ0n) is 13.3. The predicted octanol–water partition coefficient (Wildman–Crippen LogP) is 1.48. The molecule has 0 unspecified atom stereocenters. The van der Waals surface area contributed by atoms with Gasteiger partial charge in [0.15, 0.2) is 0 Å². The lowest BCUT2D eigenvalue weighted by molar-refractivity contribution is -0.142. The molecule has 2 N–H and O–H groups in total. The van der Waals surface area contributed by atoms with Crippen molar-refractivity contribution >= 4 is 5.97 Å². The minimum atomic E-state index is -0.673. The molecule has 1 aromatic rings. The van der Waals surface area contributed by atoms with E-state index in [0.717, 1.165) is 31.0 Å². The molecule has 1 aromatic heterocycles. The van der Waals surface area contributed by atoms with Gasteiger partial charge in [0.2, 0.25) is 0 Å². The Kier molecular flexibility index (Phi) is 4.78. The van der Waals surface area contributed by atoms with Crippen LogP contribution in [0.25, 0.3) is 0 Å². The number of H-pyrrole nitrogens is 1. The van der Waals surface area contributed by atoms with E-state index in [1.54, 1.807) is 6.33 Å². The van der Waals surface area contributed by atoms with Gasteiger partial charge in [-0.15, -0.1) is 0 Å². The van der Waals surface area contributed by atoms with Crippen LogP contribution in [0.1, 0.15) is 37.1 Å². The van der Waals surface area contributed by atoms with Gasteiger partial charge in [0, 0.05) is 44.5 Å². The zero-order chi connectivity index (χ0) is 15.5. The summed E-state index contributed by atoms with van der Waals surface area (Å²) in [6.07, 6.45) is 6.74. The van der Waals surface area contributed by atoms with Crippen molar-refractivity contribution < 1.29 is 9.90 Å². The monoisotopic (exact) mass is 306 g/mol. The van der Waals surface area contributed by atoms with E-state index < -0.39 is 5.97 Å². The van der Waals surface area contributed by atoms with Gasteiger partial charge in [0.1, 0.15) is 0 Å². The lowest BCUT2D eigenvalue weighted by Crippen LogP contribution is -2.39. The topological polar surface area (TPSA) is 72.5 Å². The molecule has 2 heterocycles. The Labute approximate surface area is 131 Å². The molecule has 1 saturated heterocycles. The van der Waals surface area contributed by atoms with E-state index in [0.29, 0.717) is 19.1 Å². The van der Waals surface area contributed by atoms with Crippen molar-refractivity contribution in [3.63, 3.8) is 0 Å². The van der Waals surface area contributed by atoms with Crippen LogP contribution in [0.3, 0.4) is 0 Å². The molecule has 122 valence electrons. The van der Waals surface area contributed by atoms with Crippen LogP contribution in [0.4, 0.5) is 0 Å². The SMILES string of the molecule is Cc1[nH]cnc1CN1CCN(C2CCCC2)C[C@@H](C(=O)O)C1. The number of aromatic nitrogens is 2. The lowest BCUT2D eigenvalue weighted by atomic mass is 10.1. The molecule has 0 spiro atoms. The number of aromatic amines is 1. The van der Waals surface area contributed by atoms with Crippen LogP contribution in [0.2, 0.25) is 0 Å². The largest absolute Gasteiger partial charge is 0.481 e. The second-order valence-electron chi connectivity index (χ2n) is 6.68. The third-order valence-electron chi connectivity index (χ3n) is 5.13. The first-order chi connectivity index (χ1) is 10.6. The average molecular weight is 306 g/mol. The van der Waals surface area contributed by atoms with Crippen molar-refractivity contribution in [3.05, 3.63) is 17.7 Å². The summed E-state index contributed by atoms with van der Waals surface area (Å²) in [6, 6.07) is 0.592. The number of rotatable bonds is 4. The zero-order valence-corrected chi connectivity index (χ0v) is 13.3. The van der Waals surface area contributed by atoms with Gasteiger partial charge in [-0.3, -0.25) is 14.6 Å². The van der Waals surface area contributed by atoms with Gasteiger partial charge < -0.3 is 10.1 Å². The maximum Gasteiger partial charge on any atom is 0.309 e. The maximum absolute atomic E-state index is 11.6. The van der Waals surface area contributed by atoms with E-state index in [1.165, 1.54) is 25.7 Å². The quantitative estimate of drug-likeness (QED) is 0.881. The van der Waals surface area contributed by atoms with E-state index in [-0.39, 0.29) is 5.92 Å². The standard InChI is InChI=1S/C16H26N4O2/c1-12-15(18-11-17-12)10-19-6-7-20(14-4-2-3-5-14)9-13(8-19)16(21)22/h11,13-14H,2-10H2,1H3,(H,17,18)(H,21,22)/t13-/m0/s1. The van der Waals surface area contributed by atoms with Gasteiger partial charge in [-0.05, 0) is 19.8 Å². The Bertz CT molecular complexity index is 510. The number of nitrogens with zero attached hydrogens (tertiary/aromatic N) is 3. The van der Waals surface area contributed by atoms with Crippen LogP contribution in [-0.4, -0.2) is 63.1 Å². The van der Waals surface area contributed by atoms with Gasteiger partial charge in [-0.2, -0.15) is 0 Å². The molecule has 0 amide bonds. The fourth-order valence-electron chi connectivity index (χ4n) is 3.76. The van der Waals surface area contributed by atoms with E-state index in [9.17, 15) is 9.90 Å². The Balaban J connectivity index is 1.68.